The molecule has 0 heterocycles. The standard InChI is InChI=1S/C11H10FN3O3/c1-2-7(6-13)14-11(16)9-5-8(15(17)18)3-4-10(9)12/h3-5,7H,2H2,1H3,(H,14,16). The predicted molar refractivity (Wildman–Crippen MR) is 60.2 cm³/mol. The van der Waals surface area contributed by atoms with E-state index in [1.165, 1.54) is 0 Å². The Morgan fingerprint density at radius 3 is 2.83 bits per heavy atom. The van der Waals surface area contributed by atoms with Crippen LogP contribution in [0.3, 0.4) is 0 Å². The van der Waals surface area contributed by atoms with Crippen LogP contribution in [0.5, 0.6) is 0 Å². The molecular weight excluding hydrogens is 241 g/mol. The minimum absolute atomic E-state index is 0.360. The SMILES string of the molecule is CCC(C#N)NC(=O)c1cc([N+](=O)[O-])ccc1F. The van der Waals surface area contributed by atoms with E-state index in [9.17, 15) is 19.3 Å². The Morgan fingerprint density at radius 2 is 2.33 bits per heavy atom. The maximum atomic E-state index is 13.4. The summed E-state index contributed by atoms with van der Waals surface area (Å²) in [5.74, 6) is -1.71. The summed E-state index contributed by atoms with van der Waals surface area (Å²) in [7, 11) is 0. The van der Waals surface area contributed by atoms with Gasteiger partial charge in [0.05, 0.1) is 16.6 Å². The number of amides is 1. The summed E-state index contributed by atoms with van der Waals surface area (Å²) in [6, 6.07) is 3.72. The van der Waals surface area contributed by atoms with Crippen molar-refractivity contribution >= 4 is 11.6 Å². The molecule has 1 aromatic carbocycles. The number of nitro groups is 1. The van der Waals surface area contributed by atoms with E-state index in [4.69, 9.17) is 5.26 Å². The quantitative estimate of drug-likeness (QED) is 0.651. The van der Waals surface area contributed by atoms with E-state index in [2.05, 4.69) is 5.32 Å². The molecule has 0 bridgehead atoms. The van der Waals surface area contributed by atoms with Crippen LogP contribution in [-0.2, 0) is 0 Å². The van der Waals surface area contributed by atoms with Crippen molar-refractivity contribution in [2.24, 2.45) is 0 Å². The fourth-order valence-corrected chi connectivity index (χ4v) is 1.26. The van der Waals surface area contributed by atoms with E-state index >= 15 is 0 Å². The number of nitro benzene ring substituents is 1. The van der Waals surface area contributed by atoms with Gasteiger partial charge in [0.15, 0.2) is 0 Å². The summed E-state index contributed by atoms with van der Waals surface area (Å²) in [6.45, 7) is 1.68. The van der Waals surface area contributed by atoms with Gasteiger partial charge in [-0.3, -0.25) is 14.9 Å². The van der Waals surface area contributed by atoms with Crippen LogP contribution in [0, 0.1) is 27.3 Å². The molecular formula is C11H10FN3O3. The molecule has 0 fully saturated rings. The molecule has 6 nitrogen and oxygen atoms in total. The third kappa shape index (κ3) is 3.01. The lowest BCUT2D eigenvalue weighted by molar-refractivity contribution is -0.384. The van der Waals surface area contributed by atoms with Crippen LogP contribution < -0.4 is 5.32 Å². The Labute approximate surface area is 102 Å². The van der Waals surface area contributed by atoms with Crippen molar-refractivity contribution < 1.29 is 14.1 Å². The highest BCUT2D eigenvalue weighted by atomic mass is 19.1. The second-order valence-corrected chi connectivity index (χ2v) is 3.48. The maximum absolute atomic E-state index is 13.4. The summed E-state index contributed by atoms with van der Waals surface area (Å²) in [5, 5.41) is 21.5. The van der Waals surface area contributed by atoms with Crippen LogP contribution in [0.4, 0.5) is 10.1 Å². The van der Waals surface area contributed by atoms with Crippen LogP contribution in [0.2, 0.25) is 0 Å². The average molecular weight is 251 g/mol. The van der Waals surface area contributed by atoms with Gasteiger partial charge >= 0.3 is 0 Å². The molecule has 0 radical (unpaired) electrons. The highest BCUT2D eigenvalue weighted by Crippen LogP contribution is 2.16. The van der Waals surface area contributed by atoms with Gasteiger partial charge in [0.25, 0.3) is 11.6 Å². The van der Waals surface area contributed by atoms with Gasteiger partial charge in [-0.25, -0.2) is 4.39 Å². The molecule has 0 aliphatic carbocycles. The third-order valence-corrected chi connectivity index (χ3v) is 2.27. The zero-order valence-electron chi connectivity index (χ0n) is 9.51. The van der Waals surface area contributed by atoms with Crippen LogP contribution in [-0.4, -0.2) is 16.9 Å². The number of benzene rings is 1. The largest absolute Gasteiger partial charge is 0.336 e. The van der Waals surface area contributed by atoms with E-state index in [0.29, 0.717) is 6.42 Å². The van der Waals surface area contributed by atoms with Gasteiger partial charge in [-0.2, -0.15) is 5.26 Å². The van der Waals surface area contributed by atoms with Gasteiger partial charge in [-0.1, -0.05) is 6.92 Å². The molecule has 1 atom stereocenters. The molecule has 7 heteroatoms. The second-order valence-electron chi connectivity index (χ2n) is 3.48. The van der Waals surface area contributed by atoms with E-state index in [1.54, 1.807) is 6.92 Å². The number of hydrogen-bond donors (Lipinski definition) is 1. The fraction of sp³-hybridized carbons (Fsp3) is 0.273. The summed E-state index contributed by atoms with van der Waals surface area (Å²) in [4.78, 5) is 21.4. The highest BCUT2D eigenvalue weighted by molar-refractivity contribution is 5.95. The van der Waals surface area contributed by atoms with Crippen LogP contribution in [0.15, 0.2) is 18.2 Å². The average Bonchev–Trinajstić information content (AvgIpc) is 2.35. The molecule has 18 heavy (non-hydrogen) atoms. The second kappa shape index (κ2) is 5.72. The number of hydrogen-bond acceptors (Lipinski definition) is 4. The summed E-state index contributed by atoms with van der Waals surface area (Å²) in [6.07, 6.45) is 0.360. The zero-order valence-corrected chi connectivity index (χ0v) is 9.51. The van der Waals surface area contributed by atoms with E-state index in [0.717, 1.165) is 18.2 Å². The van der Waals surface area contributed by atoms with Crippen molar-refractivity contribution in [3.8, 4) is 6.07 Å². The minimum atomic E-state index is -0.870. The fourth-order valence-electron chi connectivity index (χ4n) is 1.26. The Balaban J connectivity index is 3.02. The molecule has 1 aromatic rings. The van der Waals surface area contributed by atoms with Crippen molar-refractivity contribution in [2.75, 3.05) is 0 Å². The molecule has 94 valence electrons. The summed E-state index contributed by atoms with van der Waals surface area (Å²) in [5.41, 5.74) is -0.829. The summed E-state index contributed by atoms with van der Waals surface area (Å²) < 4.78 is 13.4. The van der Waals surface area contributed by atoms with E-state index < -0.39 is 28.3 Å². The Kier molecular flexibility index (Phi) is 4.32. The first-order chi connectivity index (χ1) is 8.49. The molecule has 0 aliphatic heterocycles. The van der Waals surface area contributed by atoms with Crippen molar-refractivity contribution in [1.29, 1.82) is 5.26 Å². The molecule has 0 saturated carbocycles. The van der Waals surface area contributed by atoms with Crippen molar-refractivity contribution in [1.82, 2.24) is 5.32 Å². The monoisotopic (exact) mass is 251 g/mol. The van der Waals surface area contributed by atoms with Gasteiger partial charge < -0.3 is 5.32 Å². The van der Waals surface area contributed by atoms with Gasteiger partial charge in [-0.15, -0.1) is 0 Å². The van der Waals surface area contributed by atoms with Crippen molar-refractivity contribution in [2.45, 2.75) is 19.4 Å². The predicted octanol–water partition coefficient (Wildman–Crippen LogP) is 1.77. The van der Waals surface area contributed by atoms with Crippen LogP contribution in [0.1, 0.15) is 23.7 Å². The van der Waals surface area contributed by atoms with E-state index in [-0.39, 0.29) is 5.69 Å². The molecule has 1 unspecified atom stereocenters. The molecule has 0 aliphatic rings. The van der Waals surface area contributed by atoms with Crippen LogP contribution in [0.25, 0.3) is 0 Å². The molecule has 1 rings (SSSR count). The third-order valence-electron chi connectivity index (χ3n) is 2.27. The van der Waals surface area contributed by atoms with Gasteiger partial charge in [0.2, 0.25) is 0 Å². The lowest BCUT2D eigenvalue weighted by atomic mass is 10.1. The molecule has 0 saturated heterocycles. The van der Waals surface area contributed by atoms with Crippen molar-refractivity contribution in [3.05, 3.63) is 39.7 Å². The molecule has 1 amide bonds. The Hall–Kier alpha value is -2.49. The smallest absolute Gasteiger partial charge is 0.270 e. The Bertz CT molecular complexity index is 525. The molecule has 0 aromatic heterocycles. The number of nitrogens with zero attached hydrogens (tertiary/aromatic N) is 2. The van der Waals surface area contributed by atoms with Gasteiger partial charge in [0, 0.05) is 12.1 Å². The number of halogens is 1. The first-order valence-corrected chi connectivity index (χ1v) is 5.14. The van der Waals surface area contributed by atoms with Gasteiger partial charge in [0.1, 0.15) is 11.9 Å². The lowest BCUT2D eigenvalue weighted by Gasteiger charge is -2.09. The Morgan fingerprint density at radius 1 is 1.67 bits per heavy atom. The highest BCUT2D eigenvalue weighted by Gasteiger charge is 2.18. The number of carbonyl (C=O) groups excluding carboxylic acids is 1. The van der Waals surface area contributed by atoms with Crippen molar-refractivity contribution in [3.63, 3.8) is 0 Å². The van der Waals surface area contributed by atoms with Crippen LogP contribution >= 0.6 is 0 Å². The maximum Gasteiger partial charge on any atom is 0.270 e. The molecule has 1 N–H and O–H groups in total. The number of non-ortho nitro benzene ring substituents is 1. The number of rotatable bonds is 4. The lowest BCUT2D eigenvalue weighted by Crippen LogP contribution is -2.33. The first-order valence-electron chi connectivity index (χ1n) is 5.14. The first kappa shape index (κ1) is 13.6. The normalized spacial score (nSPS) is 11.4. The summed E-state index contributed by atoms with van der Waals surface area (Å²) >= 11 is 0. The minimum Gasteiger partial charge on any atom is -0.336 e. The van der Waals surface area contributed by atoms with Gasteiger partial charge in [-0.05, 0) is 12.5 Å². The number of nitrogens with one attached hydrogen (secondary N) is 1. The zero-order chi connectivity index (χ0) is 13.7. The number of carbonyl (C=O) groups is 1. The topological polar surface area (TPSA) is 96.0 Å². The van der Waals surface area contributed by atoms with E-state index in [1.807, 2.05) is 6.07 Å². The number of nitriles is 1. The molecule has 0 spiro atoms.